The van der Waals surface area contributed by atoms with Crippen LogP contribution in [0.3, 0.4) is 0 Å². The number of nitro benzene ring substituents is 1. The molecule has 10 nitrogen and oxygen atoms in total. The third-order valence-electron chi connectivity index (χ3n) is 6.48. The van der Waals surface area contributed by atoms with Crippen LogP contribution in [0.2, 0.25) is 0 Å². The highest BCUT2D eigenvalue weighted by atomic mass is 32.2. The SMILES string of the molecule is CC[C@H](C)NC(=O)[C@@H](Cc1ccccc1)N(Cc1ccccc1)C(=O)CN(c1cccc([N+](=O)[O-])c1)S(C)(=O)=O. The number of carbonyl (C=O) groups excluding carboxylic acids is 2. The average molecular weight is 567 g/mol. The van der Waals surface area contributed by atoms with Crippen molar-refractivity contribution in [1.29, 1.82) is 0 Å². The summed E-state index contributed by atoms with van der Waals surface area (Å²) in [4.78, 5) is 39.7. The third kappa shape index (κ3) is 8.37. The van der Waals surface area contributed by atoms with Gasteiger partial charge in [-0.05, 0) is 30.5 Å². The molecule has 0 saturated carbocycles. The highest BCUT2D eigenvalue weighted by Gasteiger charge is 2.33. The van der Waals surface area contributed by atoms with Crippen molar-refractivity contribution >= 4 is 33.2 Å². The Morgan fingerprint density at radius 1 is 0.950 bits per heavy atom. The fourth-order valence-corrected chi connectivity index (χ4v) is 4.99. The molecule has 0 saturated heterocycles. The minimum Gasteiger partial charge on any atom is -0.352 e. The maximum atomic E-state index is 14.0. The number of nitrogens with zero attached hydrogens (tertiary/aromatic N) is 3. The van der Waals surface area contributed by atoms with Gasteiger partial charge < -0.3 is 10.2 Å². The van der Waals surface area contributed by atoms with Crippen molar-refractivity contribution in [3.63, 3.8) is 0 Å². The number of anilines is 1. The lowest BCUT2D eigenvalue weighted by Gasteiger charge is -2.34. The van der Waals surface area contributed by atoms with Crippen LogP contribution < -0.4 is 9.62 Å². The normalized spacial score (nSPS) is 12.7. The number of rotatable bonds is 13. The van der Waals surface area contributed by atoms with E-state index in [9.17, 15) is 28.1 Å². The van der Waals surface area contributed by atoms with Gasteiger partial charge in [-0.25, -0.2) is 8.42 Å². The second-order valence-electron chi connectivity index (χ2n) is 9.58. The van der Waals surface area contributed by atoms with Crippen LogP contribution >= 0.6 is 0 Å². The third-order valence-corrected chi connectivity index (χ3v) is 7.62. The van der Waals surface area contributed by atoms with Gasteiger partial charge in [-0.3, -0.25) is 24.0 Å². The van der Waals surface area contributed by atoms with Crippen LogP contribution in [-0.4, -0.2) is 54.9 Å². The smallest absolute Gasteiger partial charge is 0.271 e. The molecule has 2 amide bonds. The van der Waals surface area contributed by atoms with Gasteiger partial charge in [0.2, 0.25) is 21.8 Å². The summed E-state index contributed by atoms with van der Waals surface area (Å²) >= 11 is 0. The maximum Gasteiger partial charge on any atom is 0.271 e. The number of benzene rings is 3. The minimum absolute atomic E-state index is 0.0200. The molecule has 0 unspecified atom stereocenters. The molecule has 3 aromatic carbocycles. The molecule has 0 radical (unpaired) electrons. The number of nitrogens with one attached hydrogen (secondary N) is 1. The summed E-state index contributed by atoms with van der Waals surface area (Å²) < 4.78 is 26.5. The quantitative estimate of drug-likeness (QED) is 0.247. The molecule has 0 aliphatic heterocycles. The van der Waals surface area contributed by atoms with Gasteiger partial charge in [0.15, 0.2) is 0 Å². The molecule has 0 bridgehead atoms. The molecular weight excluding hydrogens is 532 g/mol. The Hall–Kier alpha value is -4.25. The summed E-state index contributed by atoms with van der Waals surface area (Å²) in [6.07, 6.45) is 1.82. The molecule has 11 heteroatoms. The summed E-state index contributed by atoms with van der Waals surface area (Å²) in [6, 6.07) is 22.4. The Kier molecular flexibility index (Phi) is 10.4. The largest absolute Gasteiger partial charge is 0.352 e. The number of non-ortho nitro benzene ring substituents is 1. The monoisotopic (exact) mass is 566 g/mol. The van der Waals surface area contributed by atoms with Crippen molar-refractivity contribution in [1.82, 2.24) is 10.2 Å². The highest BCUT2D eigenvalue weighted by Crippen LogP contribution is 2.24. The molecule has 3 rings (SSSR count). The van der Waals surface area contributed by atoms with E-state index >= 15 is 0 Å². The molecule has 1 N–H and O–H groups in total. The summed E-state index contributed by atoms with van der Waals surface area (Å²) in [5, 5.41) is 14.3. The predicted octanol–water partition coefficient (Wildman–Crippen LogP) is 3.92. The van der Waals surface area contributed by atoms with Crippen LogP contribution in [0.5, 0.6) is 0 Å². The van der Waals surface area contributed by atoms with Crippen LogP contribution in [0.15, 0.2) is 84.9 Å². The number of carbonyl (C=O) groups is 2. The first kappa shape index (κ1) is 30.3. The molecule has 0 fully saturated rings. The van der Waals surface area contributed by atoms with Gasteiger partial charge in [-0.2, -0.15) is 0 Å². The molecular formula is C29H34N4O6S. The first-order chi connectivity index (χ1) is 19.0. The van der Waals surface area contributed by atoms with Crippen LogP contribution in [0.1, 0.15) is 31.4 Å². The molecule has 0 aliphatic carbocycles. The molecule has 40 heavy (non-hydrogen) atoms. The maximum absolute atomic E-state index is 14.0. The lowest BCUT2D eigenvalue weighted by molar-refractivity contribution is -0.384. The fraction of sp³-hybridized carbons (Fsp3) is 0.310. The number of sulfonamides is 1. The van der Waals surface area contributed by atoms with Crippen LogP contribution in [0, 0.1) is 10.1 Å². The topological polar surface area (TPSA) is 130 Å². The first-order valence-corrected chi connectivity index (χ1v) is 14.7. The van der Waals surface area contributed by atoms with Crippen molar-refractivity contribution in [3.05, 3.63) is 106 Å². The second kappa shape index (κ2) is 13.7. The molecule has 0 heterocycles. The molecule has 0 aliphatic rings. The number of hydrogen-bond donors (Lipinski definition) is 1. The lowest BCUT2D eigenvalue weighted by atomic mass is 10.0. The van der Waals surface area contributed by atoms with Gasteiger partial charge in [0, 0.05) is 31.1 Å². The van der Waals surface area contributed by atoms with Crippen molar-refractivity contribution < 1.29 is 22.9 Å². The van der Waals surface area contributed by atoms with Crippen LogP contribution in [0.4, 0.5) is 11.4 Å². The van der Waals surface area contributed by atoms with E-state index in [0.717, 1.165) is 27.8 Å². The zero-order valence-corrected chi connectivity index (χ0v) is 23.6. The molecule has 0 spiro atoms. The van der Waals surface area contributed by atoms with Gasteiger partial charge in [0.25, 0.3) is 5.69 Å². The average Bonchev–Trinajstić information content (AvgIpc) is 2.93. The Balaban J connectivity index is 2.06. The lowest BCUT2D eigenvalue weighted by Crippen LogP contribution is -2.54. The van der Waals surface area contributed by atoms with Gasteiger partial charge in [0.05, 0.1) is 16.9 Å². The summed E-state index contributed by atoms with van der Waals surface area (Å²) in [5.74, 6) is -0.982. The highest BCUT2D eigenvalue weighted by molar-refractivity contribution is 7.92. The number of hydrogen-bond acceptors (Lipinski definition) is 6. The van der Waals surface area contributed by atoms with Crippen molar-refractivity contribution in [2.45, 2.75) is 45.3 Å². The van der Waals surface area contributed by atoms with E-state index in [2.05, 4.69) is 5.32 Å². The first-order valence-electron chi connectivity index (χ1n) is 12.9. The standard InChI is InChI=1S/C29H34N4O6S/c1-4-22(2)30-29(35)27(18-23-12-7-5-8-13-23)31(20-24-14-9-6-10-15-24)28(34)21-32(40(3,38)39)25-16-11-17-26(19-25)33(36)37/h5-17,19,22,27H,4,18,20-21H2,1-3H3,(H,30,35)/t22-,27+/m0/s1. The Labute approximate surface area is 234 Å². The molecule has 212 valence electrons. The number of nitro groups is 1. The van der Waals surface area contributed by atoms with E-state index in [4.69, 9.17) is 0 Å². The van der Waals surface area contributed by atoms with Gasteiger partial charge in [-0.15, -0.1) is 0 Å². The summed E-state index contributed by atoms with van der Waals surface area (Å²) in [7, 11) is -4.03. The second-order valence-corrected chi connectivity index (χ2v) is 11.5. The Bertz CT molecular complexity index is 1420. The zero-order chi connectivity index (χ0) is 29.3. The van der Waals surface area contributed by atoms with E-state index in [-0.39, 0.29) is 36.3 Å². The fourth-order valence-electron chi connectivity index (χ4n) is 4.15. The van der Waals surface area contributed by atoms with Crippen molar-refractivity contribution in [3.8, 4) is 0 Å². The van der Waals surface area contributed by atoms with Crippen LogP contribution in [-0.2, 0) is 32.6 Å². The number of amides is 2. The zero-order valence-electron chi connectivity index (χ0n) is 22.8. The molecule has 3 aromatic rings. The van der Waals surface area contributed by atoms with Gasteiger partial charge >= 0.3 is 0 Å². The van der Waals surface area contributed by atoms with E-state index in [1.807, 2.05) is 74.5 Å². The van der Waals surface area contributed by atoms with Crippen molar-refractivity contribution in [2.24, 2.45) is 0 Å². The minimum atomic E-state index is -4.03. The Morgan fingerprint density at radius 2 is 1.55 bits per heavy atom. The van der Waals surface area contributed by atoms with Gasteiger partial charge in [-0.1, -0.05) is 73.7 Å². The van der Waals surface area contributed by atoms with E-state index in [0.29, 0.717) is 6.42 Å². The summed E-state index contributed by atoms with van der Waals surface area (Å²) in [6.45, 7) is 3.22. The van der Waals surface area contributed by atoms with E-state index in [1.165, 1.54) is 23.1 Å². The van der Waals surface area contributed by atoms with E-state index in [1.54, 1.807) is 0 Å². The predicted molar refractivity (Wildman–Crippen MR) is 154 cm³/mol. The van der Waals surface area contributed by atoms with Gasteiger partial charge in [0.1, 0.15) is 12.6 Å². The molecule has 0 aromatic heterocycles. The molecule has 2 atom stereocenters. The van der Waals surface area contributed by atoms with E-state index < -0.39 is 33.4 Å². The van der Waals surface area contributed by atoms with Crippen molar-refractivity contribution in [2.75, 3.05) is 17.1 Å². The van der Waals surface area contributed by atoms with Crippen LogP contribution in [0.25, 0.3) is 0 Å². The Morgan fingerprint density at radius 3 is 2.10 bits per heavy atom. The summed E-state index contributed by atoms with van der Waals surface area (Å²) in [5.41, 5.74) is 1.26.